The minimum absolute atomic E-state index is 0.186. The second-order valence-corrected chi connectivity index (χ2v) is 10.0. The topological polar surface area (TPSA) is 142 Å². The molecule has 1 fully saturated rings. The van der Waals surface area contributed by atoms with Crippen LogP contribution in [0, 0.1) is 6.92 Å². The molecule has 0 aliphatic heterocycles. The first-order valence-electron chi connectivity index (χ1n) is 11.6. The number of amides is 1. The van der Waals surface area contributed by atoms with Gasteiger partial charge in [-0.2, -0.15) is 8.42 Å². The number of primary amides is 1. The molecule has 0 saturated heterocycles. The Kier molecular flexibility index (Phi) is 5.89. The van der Waals surface area contributed by atoms with E-state index in [1.54, 1.807) is 48.8 Å². The van der Waals surface area contributed by atoms with Crippen LogP contribution in [0.5, 0.6) is 0 Å². The molecule has 3 heterocycles. The van der Waals surface area contributed by atoms with Crippen molar-refractivity contribution in [1.29, 1.82) is 0 Å². The minimum atomic E-state index is -2.85. The second kappa shape index (κ2) is 8.92. The third-order valence-electron chi connectivity index (χ3n) is 7.03. The Morgan fingerprint density at radius 1 is 0.972 bits per heavy atom. The predicted molar refractivity (Wildman–Crippen MR) is 138 cm³/mol. The Labute approximate surface area is 210 Å². The van der Waals surface area contributed by atoms with Gasteiger partial charge in [0.05, 0.1) is 33.0 Å². The molecule has 1 aromatic carbocycles. The fraction of sp³-hybridized carbons (Fsp3) is 0.222. The molecular formula is C27H25N5O3S. The Morgan fingerprint density at radius 3 is 2.39 bits per heavy atom. The van der Waals surface area contributed by atoms with Crippen LogP contribution < -0.4 is 11.5 Å². The highest BCUT2D eigenvalue weighted by Crippen LogP contribution is 2.46. The van der Waals surface area contributed by atoms with Crippen LogP contribution in [0.2, 0.25) is 0 Å². The summed E-state index contributed by atoms with van der Waals surface area (Å²) in [6, 6.07) is 18.0. The van der Waals surface area contributed by atoms with Gasteiger partial charge in [-0.15, -0.1) is 0 Å². The molecule has 5 rings (SSSR count). The van der Waals surface area contributed by atoms with E-state index in [2.05, 4.69) is 9.97 Å². The fourth-order valence-corrected chi connectivity index (χ4v) is 6.50. The number of carbonyl (C=O) groups is 1. The average molecular weight is 500 g/mol. The predicted octanol–water partition coefficient (Wildman–Crippen LogP) is 2.81. The highest BCUT2D eigenvalue weighted by Gasteiger charge is 2.56. The molecule has 2 unspecified atom stereocenters. The lowest BCUT2D eigenvalue weighted by atomic mass is 9.61. The number of aryl methyl sites for hydroxylation is 1. The van der Waals surface area contributed by atoms with Crippen molar-refractivity contribution in [2.45, 2.75) is 37.1 Å². The number of pyridine rings is 3. The van der Waals surface area contributed by atoms with E-state index in [0.717, 1.165) is 10.9 Å². The van der Waals surface area contributed by atoms with Crippen LogP contribution in [-0.2, 0) is 26.0 Å². The Balaban J connectivity index is 1.86. The highest BCUT2D eigenvalue weighted by atomic mass is 32.2. The summed E-state index contributed by atoms with van der Waals surface area (Å²) in [6.07, 6.45) is 4.21. The van der Waals surface area contributed by atoms with Crippen LogP contribution >= 0.6 is 0 Å². The van der Waals surface area contributed by atoms with Gasteiger partial charge in [0.25, 0.3) is 0 Å². The van der Waals surface area contributed by atoms with E-state index in [1.165, 1.54) is 0 Å². The van der Waals surface area contributed by atoms with Crippen LogP contribution in [0.15, 0.2) is 73.1 Å². The lowest BCUT2D eigenvalue weighted by molar-refractivity contribution is -0.121. The van der Waals surface area contributed by atoms with E-state index in [0.29, 0.717) is 28.9 Å². The van der Waals surface area contributed by atoms with Gasteiger partial charge in [0.15, 0.2) is 0 Å². The number of nitrogens with two attached hydrogens (primary N) is 2. The van der Waals surface area contributed by atoms with Gasteiger partial charge < -0.3 is 11.5 Å². The maximum Gasteiger partial charge on any atom is 0.233 e. The number of benzene rings is 1. The molecule has 8 nitrogen and oxygen atoms in total. The smallest absolute Gasteiger partial charge is 0.233 e. The molecule has 4 aromatic rings. The lowest BCUT2D eigenvalue weighted by Gasteiger charge is -2.44. The van der Waals surface area contributed by atoms with Gasteiger partial charge in [0.2, 0.25) is 16.2 Å². The van der Waals surface area contributed by atoms with E-state index in [4.69, 9.17) is 16.5 Å². The first-order valence-corrected chi connectivity index (χ1v) is 12.7. The van der Waals surface area contributed by atoms with E-state index >= 15 is 0 Å². The summed E-state index contributed by atoms with van der Waals surface area (Å²) < 4.78 is 26.0. The first-order chi connectivity index (χ1) is 17.3. The molecule has 1 aliphatic carbocycles. The Morgan fingerprint density at radius 2 is 1.69 bits per heavy atom. The molecule has 3 aromatic heterocycles. The zero-order chi connectivity index (χ0) is 25.5. The SMILES string of the molecule is Cc1cccnc1-c1cc2cccnc2c(C2(N)CCCC(C(N)=O)(c3ccccc3)C2=S(=O)=O)n1. The van der Waals surface area contributed by atoms with Crippen molar-refractivity contribution in [2.75, 3.05) is 0 Å². The molecule has 1 saturated carbocycles. The van der Waals surface area contributed by atoms with Crippen molar-refractivity contribution in [3.63, 3.8) is 0 Å². The number of hydrogen-bond donors (Lipinski definition) is 2. The van der Waals surface area contributed by atoms with Crippen molar-refractivity contribution in [2.24, 2.45) is 11.5 Å². The number of fused-ring (bicyclic) bond motifs is 1. The molecule has 1 amide bonds. The fourth-order valence-electron chi connectivity index (χ4n) is 5.40. The zero-order valence-corrected chi connectivity index (χ0v) is 20.5. The Hall–Kier alpha value is -3.95. The van der Waals surface area contributed by atoms with Crippen LogP contribution in [0.1, 0.15) is 36.1 Å². The molecule has 9 heteroatoms. The van der Waals surface area contributed by atoms with Crippen molar-refractivity contribution in [3.8, 4) is 11.4 Å². The van der Waals surface area contributed by atoms with Gasteiger partial charge in [0, 0.05) is 17.8 Å². The van der Waals surface area contributed by atoms with Gasteiger partial charge in [-0.1, -0.05) is 42.5 Å². The minimum Gasteiger partial charge on any atom is -0.369 e. The maximum absolute atomic E-state index is 13.1. The molecule has 1 aliphatic rings. The van der Waals surface area contributed by atoms with Crippen molar-refractivity contribution in [1.82, 2.24) is 15.0 Å². The average Bonchev–Trinajstić information content (AvgIpc) is 2.88. The third kappa shape index (κ3) is 3.59. The summed E-state index contributed by atoms with van der Waals surface area (Å²) in [5, 5.41) is 0.735. The largest absolute Gasteiger partial charge is 0.369 e. The van der Waals surface area contributed by atoms with Crippen LogP contribution in [0.3, 0.4) is 0 Å². The molecule has 0 bridgehead atoms. The summed E-state index contributed by atoms with van der Waals surface area (Å²) >= 11 is 0. The van der Waals surface area contributed by atoms with Gasteiger partial charge in [-0.05, 0) is 55.5 Å². The van der Waals surface area contributed by atoms with Gasteiger partial charge in [-0.25, -0.2) is 4.98 Å². The van der Waals surface area contributed by atoms with E-state index in [9.17, 15) is 13.2 Å². The first kappa shape index (κ1) is 23.8. The number of hydrogen-bond acceptors (Lipinski definition) is 7. The highest BCUT2D eigenvalue weighted by molar-refractivity contribution is 7.73. The molecule has 182 valence electrons. The van der Waals surface area contributed by atoms with Crippen molar-refractivity contribution in [3.05, 3.63) is 89.9 Å². The van der Waals surface area contributed by atoms with Crippen molar-refractivity contribution >= 4 is 32.0 Å². The molecule has 0 spiro atoms. The number of aromatic nitrogens is 3. The quantitative estimate of drug-likeness (QED) is 0.411. The summed E-state index contributed by atoms with van der Waals surface area (Å²) in [5.41, 5.74) is 13.1. The maximum atomic E-state index is 13.1. The molecule has 36 heavy (non-hydrogen) atoms. The summed E-state index contributed by atoms with van der Waals surface area (Å²) in [6.45, 7) is 1.92. The number of rotatable bonds is 4. The van der Waals surface area contributed by atoms with Crippen LogP contribution in [-0.4, -0.2) is 34.1 Å². The Bertz CT molecular complexity index is 1630. The lowest BCUT2D eigenvalue weighted by Crippen LogP contribution is -2.62. The van der Waals surface area contributed by atoms with Crippen LogP contribution in [0.4, 0.5) is 0 Å². The second-order valence-electron chi connectivity index (χ2n) is 9.12. The van der Waals surface area contributed by atoms with Gasteiger partial charge >= 0.3 is 0 Å². The number of carbonyl (C=O) groups excluding carboxylic acids is 1. The van der Waals surface area contributed by atoms with Gasteiger partial charge in [-0.3, -0.25) is 14.8 Å². The van der Waals surface area contributed by atoms with E-state index in [1.807, 2.05) is 31.2 Å². The molecular weight excluding hydrogens is 474 g/mol. The van der Waals surface area contributed by atoms with Crippen molar-refractivity contribution < 1.29 is 13.2 Å². The zero-order valence-electron chi connectivity index (χ0n) is 19.7. The van der Waals surface area contributed by atoms with Gasteiger partial charge in [0.1, 0.15) is 5.41 Å². The monoisotopic (exact) mass is 499 g/mol. The molecule has 4 N–H and O–H groups in total. The van der Waals surface area contributed by atoms with E-state index in [-0.39, 0.29) is 23.4 Å². The van der Waals surface area contributed by atoms with Crippen LogP contribution in [0.25, 0.3) is 22.3 Å². The molecule has 0 radical (unpaired) electrons. The number of nitrogens with zero attached hydrogens (tertiary/aromatic N) is 3. The summed E-state index contributed by atoms with van der Waals surface area (Å²) in [7, 11) is -2.85. The summed E-state index contributed by atoms with van der Waals surface area (Å²) in [5.74, 6) is -0.767. The normalized spacial score (nSPS) is 21.9. The summed E-state index contributed by atoms with van der Waals surface area (Å²) in [4.78, 5) is 26.9. The van der Waals surface area contributed by atoms with E-state index < -0.39 is 27.2 Å². The standard InChI is InChI=1S/C27H25N5O3S/c1-17-8-5-14-30-21(17)20-16-18-9-6-15-31-22(18)23(32-20)27(29)13-7-12-26(25(28)33,24(27)36(34)35)19-10-3-2-4-11-19/h2-6,8-11,14-16H,7,12-13,29H2,1H3,(H2,28,33). The third-order valence-corrected chi connectivity index (χ3v) is 8.08. The molecule has 2 atom stereocenters.